The molecule has 1 aliphatic heterocycles. The van der Waals surface area contributed by atoms with Gasteiger partial charge in [0.05, 0.1) is 0 Å². The van der Waals surface area contributed by atoms with Crippen LogP contribution in [-0.2, 0) is 11.2 Å². The predicted octanol–water partition coefficient (Wildman–Crippen LogP) is 2.78. The fraction of sp³-hybridized carbons (Fsp3) is 0.625. The lowest BCUT2D eigenvalue weighted by molar-refractivity contribution is 0.150. The van der Waals surface area contributed by atoms with E-state index in [0.29, 0.717) is 6.04 Å². The minimum absolute atomic E-state index is 0.265. The number of fused-ring (bicyclic) bond motifs is 1. The van der Waals surface area contributed by atoms with Crippen molar-refractivity contribution in [2.45, 2.75) is 44.8 Å². The van der Waals surface area contributed by atoms with Crippen molar-refractivity contribution in [2.24, 2.45) is 0 Å². The predicted molar refractivity (Wildman–Crippen MR) is 77.8 cm³/mol. The molecule has 106 valence electrons. The molecule has 0 aromatic heterocycles. The smallest absolute Gasteiger partial charge is 0.123 e. The van der Waals surface area contributed by atoms with Crippen LogP contribution in [0.5, 0.6) is 5.75 Å². The quantitative estimate of drug-likeness (QED) is 0.732. The van der Waals surface area contributed by atoms with Crippen LogP contribution < -0.4 is 10.1 Å². The zero-order valence-corrected chi connectivity index (χ0v) is 12.0. The molecule has 0 bridgehead atoms. The van der Waals surface area contributed by atoms with Gasteiger partial charge in [-0.2, -0.15) is 0 Å². The van der Waals surface area contributed by atoms with E-state index in [2.05, 4.69) is 30.4 Å². The highest BCUT2D eigenvalue weighted by Gasteiger charge is 2.29. The lowest BCUT2D eigenvalue weighted by Crippen LogP contribution is -2.43. The summed E-state index contributed by atoms with van der Waals surface area (Å²) in [4.78, 5) is 0. The zero-order valence-electron chi connectivity index (χ0n) is 12.0. The van der Waals surface area contributed by atoms with Crippen LogP contribution in [-0.4, -0.2) is 32.4 Å². The highest BCUT2D eigenvalue weighted by atomic mass is 16.5. The van der Waals surface area contributed by atoms with Gasteiger partial charge in [0.1, 0.15) is 11.9 Å². The molecule has 1 aliphatic rings. The molecule has 2 atom stereocenters. The number of hydrogen-bond acceptors (Lipinski definition) is 3. The molecule has 1 aromatic rings. The van der Waals surface area contributed by atoms with Crippen molar-refractivity contribution in [1.82, 2.24) is 5.32 Å². The van der Waals surface area contributed by atoms with E-state index in [1.807, 2.05) is 6.07 Å². The number of rotatable bonds is 8. The van der Waals surface area contributed by atoms with Crippen LogP contribution in [0.15, 0.2) is 24.3 Å². The van der Waals surface area contributed by atoms with Gasteiger partial charge in [0, 0.05) is 26.2 Å². The molecule has 3 nitrogen and oxygen atoms in total. The van der Waals surface area contributed by atoms with Gasteiger partial charge in [0.25, 0.3) is 0 Å². The van der Waals surface area contributed by atoms with Gasteiger partial charge in [-0.15, -0.1) is 0 Å². The maximum Gasteiger partial charge on any atom is 0.123 e. The second-order valence-electron chi connectivity index (χ2n) is 5.16. The fourth-order valence-corrected chi connectivity index (χ4v) is 2.63. The molecule has 0 saturated heterocycles. The molecule has 0 radical (unpaired) electrons. The average Bonchev–Trinajstić information content (AvgIpc) is 2.86. The van der Waals surface area contributed by atoms with Crippen LogP contribution in [0.25, 0.3) is 0 Å². The largest absolute Gasteiger partial charge is 0.488 e. The highest BCUT2D eigenvalue weighted by Crippen LogP contribution is 2.30. The van der Waals surface area contributed by atoms with Crippen molar-refractivity contribution < 1.29 is 9.47 Å². The molecule has 0 saturated carbocycles. The van der Waals surface area contributed by atoms with Crippen molar-refractivity contribution in [3.8, 4) is 5.75 Å². The van der Waals surface area contributed by atoms with Gasteiger partial charge in [-0.25, -0.2) is 0 Å². The Bertz CT molecular complexity index is 356. The molecule has 1 aromatic carbocycles. The Labute approximate surface area is 116 Å². The number of hydrogen-bond donors (Lipinski definition) is 1. The molecule has 0 aliphatic carbocycles. The molecule has 2 unspecified atom stereocenters. The summed E-state index contributed by atoms with van der Waals surface area (Å²) >= 11 is 0. The third kappa shape index (κ3) is 3.95. The van der Waals surface area contributed by atoms with Crippen molar-refractivity contribution in [2.75, 3.05) is 20.3 Å². The van der Waals surface area contributed by atoms with Crippen LogP contribution in [0.2, 0.25) is 0 Å². The average molecular weight is 263 g/mol. The van der Waals surface area contributed by atoms with Crippen LogP contribution in [0.3, 0.4) is 0 Å². The minimum atomic E-state index is 0.265. The lowest BCUT2D eigenvalue weighted by Gasteiger charge is -2.24. The van der Waals surface area contributed by atoms with E-state index in [4.69, 9.17) is 9.47 Å². The Kier molecular flexibility index (Phi) is 5.67. The normalized spacial score (nSPS) is 18.9. The molecular weight excluding hydrogens is 238 g/mol. The molecule has 0 amide bonds. The van der Waals surface area contributed by atoms with Gasteiger partial charge < -0.3 is 14.8 Å². The Morgan fingerprint density at radius 3 is 3.00 bits per heavy atom. The van der Waals surface area contributed by atoms with Crippen molar-refractivity contribution in [3.05, 3.63) is 29.8 Å². The summed E-state index contributed by atoms with van der Waals surface area (Å²) in [6, 6.07) is 8.79. The standard InChI is InChI=1S/C16H25NO2/c1-3-10-17-14(8-6-11-18-2)16-12-13-7-4-5-9-15(13)19-16/h4-5,7,9,14,16-17H,3,6,8,10-12H2,1-2H3. The first-order valence-corrected chi connectivity index (χ1v) is 7.32. The monoisotopic (exact) mass is 263 g/mol. The van der Waals surface area contributed by atoms with Gasteiger partial charge in [-0.3, -0.25) is 0 Å². The number of ether oxygens (including phenoxy) is 2. The van der Waals surface area contributed by atoms with Gasteiger partial charge in [-0.1, -0.05) is 25.1 Å². The van der Waals surface area contributed by atoms with Crippen molar-refractivity contribution in [3.63, 3.8) is 0 Å². The minimum Gasteiger partial charge on any atom is -0.488 e. The zero-order chi connectivity index (χ0) is 13.5. The van der Waals surface area contributed by atoms with Gasteiger partial charge in [0.15, 0.2) is 0 Å². The van der Waals surface area contributed by atoms with Crippen LogP contribution in [0.4, 0.5) is 0 Å². The van der Waals surface area contributed by atoms with E-state index < -0.39 is 0 Å². The van der Waals surface area contributed by atoms with E-state index in [9.17, 15) is 0 Å². The first-order valence-electron chi connectivity index (χ1n) is 7.32. The summed E-state index contributed by atoms with van der Waals surface area (Å²) in [7, 11) is 1.76. The molecule has 1 heterocycles. The summed E-state index contributed by atoms with van der Waals surface area (Å²) in [6.07, 6.45) is 4.62. The summed E-state index contributed by atoms with van der Waals surface area (Å²) in [5.74, 6) is 1.06. The summed E-state index contributed by atoms with van der Waals surface area (Å²) in [5, 5.41) is 3.62. The maximum atomic E-state index is 6.09. The topological polar surface area (TPSA) is 30.5 Å². The van der Waals surface area contributed by atoms with E-state index in [-0.39, 0.29) is 6.10 Å². The maximum absolute atomic E-state index is 6.09. The Hall–Kier alpha value is -1.06. The SMILES string of the molecule is CCCNC(CCCOC)C1Cc2ccccc2O1. The molecule has 0 spiro atoms. The number of benzene rings is 1. The first kappa shape index (κ1) is 14.4. The first-order chi connectivity index (χ1) is 9.35. The van der Waals surface area contributed by atoms with Gasteiger partial charge >= 0.3 is 0 Å². The molecule has 3 heteroatoms. The van der Waals surface area contributed by atoms with E-state index in [0.717, 1.165) is 44.6 Å². The Morgan fingerprint density at radius 2 is 2.26 bits per heavy atom. The van der Waals surface area contributed by atoms with Gasteiger partial charge in [0.2, 0.25) is 0 Å². The summed E-state index contributed by atoms with van der Waals surface area (Å²) < 4.78 is 11.2. The second-order valence-corrected chi connectivity index (χ2v) is 5.16. The number of nitrogens with one attached hydrogen (secondary N) is 1. The molecule has 0 fully saturated rings. The van der Waals surface area contributed by atoms with Crippen LogP contribution in [0.1, 0.15) is 31.7 Å². The van der Waals surface area contributed by atoms with Crippen molar-refractivity contribution >= 4 is 0 Å². The van der Waals surface area contributed by atoms with E-state index in [1.165, 1.54) is 5.56 Å². The van der Waals surface area contributed by atoms with Crippen LogP contribution in [0, 0.1) is 0 Å². The summed E-state index contributed by atoms with van der Waals surface area (Å²) in [6.45, 7) is 4.07. The number of para-hydroxylation sites is 1. The fourth-order valence-electron chi connectivity index (χ4n) is 2.63. The highest BCUT2D eigenvalue weighted by molar-refractivity contribution is 5.37. The van der Waals surface area contributed by atoms with E-state index in [1.54, 1.807) is 7.11 Å². The summed E-state index contributed by atoms with van der Waals surface area (Å²) in [5.41, 5.74) is 1.34. The molecule has 19 heavy (non-hydrogen) atoms. The van der Waals surface area contributed by atoms with E-state index >= 15 is 0 Å². The third-order valence-corrected chi connectivity index (χ3v) is 3.64. The van der Waals surface area contributed by atoms with Crippen LogP contribution >= 0.6 is 0 Å². The number of methoxy groups -OCH3 is 1. The molecular formula is C16H25NO2. The third-order valence-electron chi connectivity index (χ3n) is 3.64. The molecule has 1 N–H and O–H groups in total. The van der Waals surface area contributed by atoms with Crippen molar-refractivity contribution in [1.29, 1.82) is 0 Å². The second kappa shape index (κ2) is 7.51. The Morgan fingerprint density at radius 1 is 1.42 bits per heavy atom. The lowest BCUT2D eigenvalue weighted by atomic mass is 10.0. The molecule has 2 rings (SSSR count). The Balaban J connectivity index is 1.92. The van der Waals surface area contributed by atoms with Gasteiger partial charge in [-0.05, 0) is 37.4 Å².